The van der Waals surface area contributed by atoms with E-state index in [1.54, 1.807) is 13.0 Å². The van der Waals surface area contributed by atoms with Crippen LogP contribution in [0, 0.1) is 11.3 Å². The number of nitrogens with two attached hydrogens (primary N) is 1. The summed E-state index contributed by atoms with van der Waals surface area (Å²) in [6.07, 6.45) is 0. The Morgan fingerprint density at radius 2 is 2.00 bits per heavy atom. The fraction of sp³-hybridized carbons (Fsp3) is 0.667. The highest BCUT2D eigenvalue weighted by molar-refractivity contribution is 5.85. The van der Waals surface area contributed by atoms with Gasteiger partial charge in [-0.2, -0.15) is 5.26 Å². The van der Waals surface area contributed by atoms with E-state index in [2.05, 4.69) is 0 Å². The molecule has 0 saturated heterocycles. The van der Waals surface area contributed by atoms with E-state index in [9.17, 15) is 0 Å². The average molecular weight is 107 g/mol. The molecule has 0 aliphatic rings. The molecule has 0 aliphatic carbocycles. The number of nitriles is 1. The molecule has 0 aromatic heterocycles. The van der Waals surface area contributed by atoms with Crippen molar-refractivity contribution in [3.05, 3.63) is 0 Å². The zero-order valence-electron chi connectivity index (χ0n) is 3.51. The second kappa shape index (κ2) is 4.74. The molecule has 1 atom stereocenters. The van der Waals surface area contributed by atoms with Crippen molar-refractivity contribution in [3.63, 3.8) is 0 Å². The number of hydrogen-bond acceptors (Lipinski definition) is 2. The summed E-state index contributed by atoms with van der Waals surface area (Å²) in [7, 11) is 0. The average Bonchev–Trinajstić information content (AvgIpc) is 1.38. The molecule has 0 aromatic carbocycles. The lowest BCUT2D eigenvalue weighted by Crippen LogP contribution is -2.09. The fourth-order valence-corrected chi connectivity index (χ4v) is 0. The van der Waals surface area contributed by atoms with Crippen molar-refractivity contribution < 1.29 is 0 Å². The highest BCUT2D eigenvalue weighted by Gasteiger charge is 1.78. The van der Waals surface area contributed by atoms with Crippen molar-refractivity contribution in [2.75, 3.05) is 0 Å². The van der Waals surface area contributed by atoms with Crippen LogP contribution in [0.2, 0.25) is 0 Å². The van der Waals surface area contributed by atoms with Gasteiger partial charge in [0.15, 0.2) is 0 Å². The normalized spacial score (nSPS) is 10.8. The van der Waals surface area contributed by atoms with Gasteiger partial charge in [-0.1, -0.05) is 0 Å². The molecule has 3 heteroatoms. The van der Waals surface area contributed by atoms with Crippen LogP contribution in [0.15, 0.2) is 0 Å². The first-order valence-electron chi connectivity index (χ1n) is 1.42. The quantitative estimate of drug-likeness (QED) is 0.482. The van der Waals surface area contributed by atoms with Gasteiger partial charge in [-0.15, -0.1) is 12.4 Å². The van der Waals surface area contributed by atoms with Gasteiger partial charge >= 0.3 is 0 Å². The van der Waals surface area contributed by atoms with E-state index in [0.29, 0.717) is 0 Å². The van der Waals surface area contributed by atoms with Crippen LogP contribution in [0.3, 0.4) is 0 Å². The van der Waals surface area contributed by atoms with Gasteiger partial charge in [0.1, 0.15) is 0 Å². The summed E-state index contributed by atoms with van der Waals surface area (Å²) in [6.45, 7) is 1.64. The first-order valence-corrected chi connectivity index (χ1v) is 1.42. The van der Waals surface area contributed by atoms with E-state index in [0.717, 1.165) is 0 Å². The summed E-state index contributed by atoms with van der Waals surface area (Å²) in [5.74, 6) is 0. The SMILES string of the molecule is C[C@@H](N)C#N.Cl. The Morgan fingerprint density at radius 1 is 1.83 bits per heavy atom. The van der Waals surface area contributed by atoms with Crippen molar-refractivity contribution in [1.29, 1.82) is 5.26 Å². The minimum absolute atomic E-state index is 0. The molecule has 6 heavy (non-hydrogen) atoms. The largest absolute Gasteiger partial charge is 0.316 e. The van der Waals surface area contributed by atoms with E-state index < -0.39 is 0 Å². The topological polar surface area (TPSA) is 49.8 Å². The highest BCUT2D eigenvalue weighted by atomic mass is 35.5. The summed E-state index contributed by atoms with van der Waals surface area (Å²) in [4.78, 5) is 0. The monoisotopic (exact) mass is 106 g/mol. The molecule has 0 aliphatic heterocycles. The van der Waals surface area contributed by atoms with E-state index in [4.69, 9.17) is 11.0 Å². The molecule has 0 radical (unpaired) electrons. The van der Waals surface area contributed by atoms with E-state index in [1.165, 1.54) is 0 Å². The second-order valence-electron chi connectivity index (χ2n) is 0.918. The van der Waals surface area contributed by atoms with Crippen LogP contribution < -0.4 is 5.73 Å². The molecule has 2 nitrogen and oxygen atoms in total. The van der Waals surface area contributed by atoms with Gasteiger partial charge in [0, 0.05) is 0 Å². The Bertz CT molecular complexity index is 54.3. The summed E-state index contributed by atoms with van der Waals surface area (Å²) >= 11 is 0. The first kappa shape index (κ1) is 9.22. The third-order valence-electron chi connectivity index (χ3n) is 0.204. The zero-order chi connectivity index (χ0) is 4.28. The Hall–Kier alpha value is -0.260. The lowest BCUT2D eigenvalue weighted by Gasteiger charge is -1.78. The molecule has 0 rings (SSSR count). The molecule has 36 valence electrons. The van der Waals surface area contributed by atoms with E-state index >= 15 is 0 Å². The Kier molecular flexibility index (Phi) is 7.28. The van der Waals surface area contributed by atoms with Crippen molar-refractivity contribution in [3.8, 4) is 6.07 Å². The van der Waals surface area contributed by atoms with Crippen molar-refractivity contribution in [2.45, 2.75) is 13.0 Å². The minimum atomic E-state index is -0.310. The lowest BCUT2D eigenvalue weighted by molar-refractivity contribution is 0.940. The Balaban J connectivity index is 0. The molecular formula is C3H7ClN2. The van der Waals surface area contributed by atoms with Gasteiger partial charge in [-0.05, 0) is 6.92 Å². The van der Waals surface area contributed by atoms with Crippen LogP contribution in [0.4, 0.5) is 0 Å². The summed E-state index contributed by atoms with van der Waals surface area (Å²) in [5, 5.41) is 7.77. The molecule has 0 unspecified atom stereocenters. The Labute approximate surface area is 43.4 Å². The van der Waals surface area contributed by atoms with E-state index in [-0.39, 0.29) is 18.4 Å². The lowest BCUT2D eigenvalue weighted by atomic mass is 10.4. The van der Waals surface area contributed by atoms with E-state index in [1.807, 2.05) is 0 Å². The van der Waals surface area contributed by atoms with Crippen LogP contribution in [0.1, 0.15) is 6.92 Å². The predicted octanol–water partition coefficient (Wildman–Crippen LogP) is 0.279. The standard InChI is InChI=1S/C3H6N2.ClH/c1-3(5)2-4;/h3H,5H2,1H3;1H/t3-;/m1./s1. The predicted molar refractivity (Wildman–Crippen MR) is 26.5 cm³/mol. The molecule has 0 spiro atoms. The first-order chi connectivity index (χ1) is 2.27. The molecule has 0 fully saturated rings. The zero-order valence-corrected chi connectivity index (χ0v) is 4.33. The van der Waals surface area contributed by atoms with Crippen LogP contribution >= 0.6 is 12.4 Å². The van der Waals surface area contributed by atoms with Gasteiger partial charge in [0.25, 0.3) is 0 Å². The minimum Gasteiger partial charge on any atom is -0.316 e. The number of hydrogen-bond donors (Lipinski definition) is 1. The molecule has 0 bridgehead atoms. The van der Waals surface area contributed by atoms with Crippen molar-refractivity contribution in [2.24, 2.45) is 5.73 Å². The molecule has 0 aromatic rings. The Morgan fingerprint density at radius 3 is 2.00 bits per heavy atom. The molecular weight excluding hydrogens is 99.5 g/mol. The van der Waals surface area contributed by atoms with Gasteiger partial charge in [0.05, 0.1) is 12.1 Å². The highest BCUT2D eigenvalue weighted by Crippen LogP contribution is 1.59. The van der Waals surface area contributed by atoms with Gasteiger partial charge in [-0.25, -0.2) is 0 Å². The smallest absolute Gasteiger partial charge is 0.0899 e. The third kappa shape index (κ3) is 9.27. The van der Waals surface area contributed by atoms with Crippen LogP contribution in [-0.2, 0) is 0 Å². The van der Waals surface area contributed by atoms with Crippen molar-refractivity contribution >= 4 is 12.4 Å². The molecule has 2 N–H and O–H groups in total. The van der Waals surface area contributed by atoms with Crippen LogP contribution in [-0.4, -0.2) is 6.04 Å². The number of halogens is 1. The van der Waals surface area contributed by atoms with Crippen molar-refractivity contribution in [1.82, 2.24) is 0 Å². The second-order valence-corrected chi connectivity index (χ2v) is 0.918. The summed E-state index contributed by atoms with van der Waals surface area (Å²) < 4.78 is 0. The maximum Gasteiger partial charge on any atom is 0.0899 e. The maximum absolute atomic E-state index is 7.77. The summed E-state index contributed by atoms with van der Waals surface area (Å²) in [5.41, 5.74) is 4.93. The van der Waals surface area contributed by atoms with Crippen LogP contribution in [0.25, 0.3) is 0 Å². The van der Waals surface area contributed by atoms with Gasteiger partial charge in [0.2, 0.25) is 0 Å². The molecule has 0 saturated carbocycles. The van der Waals surface area contributed by atoms with Crippen LogP contribution in [0.5, 0.6) is 0 Å². The maximum atomic E-state index is 7.77. The van der Waals surface area contributed by atoms with Gasteiger partial charge < -0.3 is 5.73 Å². The van der Waals surface area contributed by atoms with Gasteiger partial charge in [-0.3, -0.25) is 0 Å². The molecule has 0 heterocycles. The number of rotatable bonds is 0. The molecule has 0 amide bonds. The summed E-state index contributed by atoms with van der Waals surface area (Å²) in [6, 6.07) is 1.50. The number of nitrogens with zero attached hydrogens (tertiary/aromatic N) is 1. The third-order valence-corrected chi connectivity index (χ3v) is 0.204. The fourth-order valence-electron chi connectivity index (χ4n) is 0.